The summed E-state index contributed by atoms with van der Waals surface area (Å²) in [4.78, 5) is 0. The lowest BCUT2D eigenvalue weighted by molar-refractivity contribution is 0.103. The largest absolute Gasteiger partial charge is 0.491 e. The molecule has 0 saturated carbocycles. The van der Waals surface area contributed by atoms with Crippen molar-refractivity contribution in [2.75, 3.05) is 13.2 Å². The first-order valence-electron chi connectivity index (χ1n) is 5.27. The first-order chi connectivity index (χ1) is 7.27. The fraction of sp³-hybridized carbons (Fsp3) is 0.500. The highest BCUT2D eigenvalue weighted by Gasteiger charge is 2.05. The maximum atomic E-state index is 9.37. The van der Waals surface area contributed by atoms with Crippen LogP contribution in [0.1, 0.15) is 18.9 Å². The van der Waals surface area contributed by atoms with Crippen molar-refractivity contribution in [3.8, 4) is 5.75 Å². The molecule has 0 aliphatic carbocycles. The molecule has 2 N–H and O–H groups in total. The molecule has 3 nitrogen and oxygen atoms in total. The number of rotatable bonds is 6. The number of hydrogen-bond donors (Lipinski definition) is 2. The molecule has 1 atom stereocenters. The van der Waals surface area contributed by atoms with Crippen molar-refractivity contribution in [2.24, 2.45) is 0 Å². The molecule has 0 saturated heterocycles. The van der Waals surface area contributed by atoms with E-state index in [1.165, 1.54) is 0 Å². The molecular formula is C12H18O3. The fourth-order valence-electron chi connectivity index (χ4n) is 1.28. The predicted molar refractivity (Wildman–Crippen MR) is 59.0 cm³/mol. The highest BCUT2D eigenvalue weighted by Crippen LogP contribution is 2.18. The van der Waals surface area contributed by atoms with Crippen molar-refractivity contribution in [1.82, 2.24) is 0 Å². The van der Waals surface area contributed by atoms with Crippen LogP contribution in [0.15, 0.2) is 24.3 Å². The Kier molecular flexibility index (Phi) is 5.15. The number of benzene rings is 1. The summed E-state index contributed by atoms with van der Waals surface area (Å²) in [5.41, 5.74) is 0.975. The van der Waals surface area contributed by atoms with Gasteiger partial charge < -0.3 is 14.9 Å². The molecule has 15 heavy (non-hydrogen) atoms. The maximum Gasteiger partial charge on any atom is 0.122 e. The average Bonchev–Trinajstić information content (AvgIpc) is 2.28. The zero-order valence-electron chi connectivity index (χ0n) is 9.02. The summed E-state index contributed by atoms with van der Waals surface area (Å²) >= 11 is 0. The van der Waals surface area contributed by atoms with Crippen molar-refractivity contribution >= 4 is 0 Å². The summed E-state index contributed by atoms with van der Waals surface area (Å²) in [5, 5.41) is 18.2. The second-order valence-corrected chi connectivity index (χ2v) is 3.45. The summed E-state index contributed by atoms with van der Waals surface area (Å²) in [6.45, 7) is 2.32. The first kappa shape index (κ1) is 12.0. The number of para-hydroxylation sites is 1. The second-order valence-electron chi connectivity index (χ2n) is 3.45. The minimum Gasteiger partial charge on any atom is -0.491 e. The van der Waals surface area contributed by atoms with Crippen LogP contribution in [0.3, 0.4) is 0 Å². The van der Waals surface area contributed by atoms with E-state index in [0.29, 0.717) is 19.4 Å². The van der Waals surface area contributed by atoms with E-state index in [0.717, 1.165) is 11.3 Å². The molecule has 0 spiro atoms. The molecule has 0 radical (unpaired) electrons. The normalized spacial score (nSPS) is 12.5. The van der Waals surface area contributed by atoms with E-state index in [4.69, 9.17) is 9.84 Å². The van der Waals surface area contributed by atoms with E-state index in [-0.39, 0.29) is 6.61 Å². The van der Waals surface area contributed by atoms with Crippen LogP contribution in [0.2, 0.25) is 0 Å². The number of aliphatic hydroxyl groups is 2. The summed E-state index contributed by atoms with van der Waals surface area (Å²) in [7, 11) is 0. The Morgan fingerprint density at radius 2 is 2.07 bits per heavy atom. The van der Waals surface area contributed by atoms with Crippen LogP contribution in [0.4, 0.5) is 0 Å². The highest BCUT2D eigenvalue weighted by molar-refractivity contribution is 5.33. The van der Waals surface area contributed by atoms with Gasteiger partial charge in [0.25, 0.3) is 0 Å². The van der Waals surface area contributed by atoms with Gasteiger partial charge in [0.05, 0.1) is 6.10 Å². The fourth-order valence-corrected chi connectivity index (χ4v) is 1.28. The van der Waals surface area contributed by atoms with Crippen molar-refractivity contribution in [1.29, 1.82) is 0 Å². The van der Waals surface area contributed by atoms with Gasteiger partial charge in [0.1, 0.15) is 12.4 Å². The summed E-state index contributed by atoms with van der Waals surface area (Å²) in [5.74, 6) is 0.749. The Morgan fingerprint density at radius 1 is 1.33 bits per heavy atom. The molecule has 0 amide bonds. The smallest absolute Gasteiger partial charge is 0.122 e. The van der Waals surface area contributed by atoms with Crippen molar-refractivity contribution in [2.45, 2.75) is 25.9 Å². The van der Waals surface area contributed by atoms with Gasteiger partial charge in [-0.05, 0) is 24.5 Å². The zero-order valence-corrected chi connectivity index (χ0v) is 9.02. The van der Waals surface area contributed by atoms with E-state index >= 15 is 0 Å². The van der Waals surface area contributed by atoms with Crippen LogP contribution in [0.25, 0.3) is 0 Å². The lowest BCUT2D eigenvalue weighted by Crippen LogP contribution is -2.16. The van der Waals surface area contributed by atoms with Crippen molar-refractivity contribution < 1.29 is 14.9 Å². The van der Waals surface area contributed by atoms with Crippen LogP contribution in [-0.4, -0.2) is 29.5 Å². The minimum absolute atomic E-state index is 0.108. The Hall–Kier alpha value is -1.06. The van der Waals surface area contributed by atoms with Crippen molar-refractivity contribution in [3.63, 3.8) is 0 Å². The first-order valence-corrected chi connectivity index (χ1v) is 5.27. The zero-order chi connectivity index (χ0) is 11.1. The minimum atomic E-state index is -0.424. The van der Waals surface area contributed by atoms with Gasteiger partial charge >= 0.3 is 0 Å². The molecule has 0 heterocycles. The van der Waals surface area contributed by atoms with E-state index in [9.17, 15) is 5.11 Å². The van der Waals surface area contributed by atoms with Gasteiger partial charge in [-0.15, -0.1) is 0 Å². The molecule has 84 valence electrons. The van der Waals surface area contributed by atoms with Crippen LogP contribution in [0.5, 0.6) is 5.75 Å². The van der Waals surface area contributed by atoms with E-state index in [2.05, 4.69) is 0 Å². The molecule has 3 heteroatoms. The Balaban J connectivity index is 2.58. The molecular weight excluding hydrogens is 192 g/mol. The van der Waals surface area contributed by atoms with Crippen molar-refractivity contribution in [3.05, 3.63) is 29.8 Å². The summed E-state index contributed by atoms with van der Waals surface area (Å²) in [6, 6.07) is 7.57. The second kappa shape index (κ2) is 6.43. The number of hydrogen-bond acceptors (Lipinski definition) is 3. The van der Waals surface area contributed by atoms with Gasteiger partial charge in [-0.2, -0.15) is 0 Å². The summed E-state index contributed by atoms with van der Waals surface area (Å²) in [6.07, 6.45) is 0.841. The Labute approximate surface area is 90.3 Å². The van der Waals surface area contributed by atoms with Gasteiger partial charge in [-0.3, -0.25) is 0 Å². The molecule has 0 aliphatic rings. The molecule has 1 unspecified atom stereocenters. The van der Waals surface area contributed by atoms with Gasteiger partial charge in [-0.25, -0.2) is 0 Å². The van der Waals surface area contributed by atoms with Gasteiger partial charge in [-0.1, -0.05) is 25.1 Å². The van der Waals surface area contributed by atoms with E-state index < -0.39 is 6.10 Å². The molecule has 1 rings (SSSR count). The maximum absolute atomic E-state index is 9.37. The lowest BCUT2D eigenvalue weighted by atomic mass is 10.1. The van der Waals surface area contributed by atoms with Gasteiger partial charge in [0, 0.05) is 6.61 Å². The third-order valence-corrected chi connectivity index (χ3v) is 2.26. The average molecular weight is 210 g/mol. The molecule has 0 fully saturated rings. The van der Waals surface area contributed by atoms with Gasteiger partial charge in [0.2, 0.25) is 0 Å². The number of aliphatic hydroxyl groups excluding tert-OH is 2. The Bertz CT molecular complexity index is 286. The molecule has 1 aromatic carbocycles. The van der Waals surface area contributed by atoms with E-state index in [1.807, 2.05) is 31.2 Å². The third-order valence-electron chi connectivity index (χ3n) is 2.26. The quantitative estimate of drug-likeness (QED) is 0.745. The SMILES string of the molecule is CCC(O)COc1ccccc1CCO. The molecule has 0 aliphatic heterocycles. The standard InChI is InChI=1S/C12H18O3/c1-2-11(14)9-15-12-6-4-3-5-10(12)7-8-13/h3-6,11,13-14H,2,7-9H2,1H3. The molecule has 0 aromatic heterocycles. The number of ether oxygens (including phenoxy) is 1. The molecule has 1 aromatic rings. The predicted octanol–water partition coefficient (Wildman–Crippen LogP) is 1.37. The van der Waals surface area contributed by atoms with Gasteiger partial charge in [0.15, 0.2) is 0 Å². The molecule has 0 bridgehead atoms. The van der Waals surface area contributed by atoms with Crippen LogP contribution in [-0.2, 0) is 6.42 Å². The topological polar surface area (TPSA) is 49.7 Å². The third kappa shape index (κ3) is 3.90. The monoisotopic (exact) mass is 210 g/mol. The van der Waals surface area contributed by atoms with E-state index in [1.54, 1.807) is 0 Å². The Morgan fingerprint density at radius 3 is 2.73 bits per heavy atom. The lowest BCUT2D eigenvalue weighted by Gasteiger charge is -2.13. The van der Waals surface area contributed by atoms with Crippen LogP contribution >= 0.6 is 0 Å². The van der Waals surface area contributed by atoms with Crippen LogP contribution < -0.4 is 4.74 Å². The summed E-state index contributed by atoms with van der Waals surface area (Å²) < 4.78 is 5.48. The van der Waals surface area contributed by atoms with Crippen LogP contribution in [0, 0.1) is 0 Å². The highest BCUT2D eigenvalue weighted by atomic mass is 16.5.